The van der Waals surface area contributed by atoms with Crippen molar-refractivity contribution in [1.29, 1.82) is 0 Å². The molecule has 7 aliphatic rings. The molecule has 7 aliphatic heterocycles. The number of phenols is 2. The van der Waals surface area contributed by atoms with Crippen molar-refractivity contribution in [2.24, 2.45) is 0 Å². The Bertz CT molecular complexity index is 5830. The molecule has 0 bridgehead atoms. The number of hydrogen-bond acceptors (Lipinski definition) is 16. The largest absolute Gasteiger partial charge is 0.508 e. The van der Waals surface area contributed by atoms with Crippen LogP contribution in [-0.2, 0) is 97.3 Å². The minimum atomic E-state index is -0.254. The molecule has 0 aliphatic carbocycles. The number of aromatic hydroxyl groups is 2. The molecule has 28 heteroatoms. The molecule has 12 aromatic rings. The van der Waals surface area contributed by atoms with Gasteiger partial charge in [-0.1, -0.05) is 108 Å². The van der Waals surface area contributed by atoms with Gasteiger partial charge in [0, 0.05) is 110 Å². The van der Waals surface area contributed by atoms with E-state index < -0.39 is 0 Å². The third-order valence-corrected chi connectivity index (χ3v) is 23.9. The van der Waals surface area contributed by atoms with Crippen LogP contribution in [0.1, 0.15) is 113 Å². The Morgan fingerprint density at radius 2 is 0.793 bits per heavy atom. The van der Waals surface area contributed by atoms with Crippen molar-refractivity contribution in [3.63, 3.8) is 0 Å². The van der Waals surface area contributed by atoms with E-state index in [-0.39, 0.29) is 53.1 Å². The average Bonchev–Trinajstić information content (AvgIpc) is 1.63. The minimum absolute atomic E-state index is 0.191. The molecule has 0 saturated carbocycles. The quantitative estimate of drug-likeness (QED) is 0.0611. The van der Waals surface area contributed by atoms with Gasteiger partial charge in [-0.25, -0.2) is 17.6 Å². The summed E-state index contributed by atoms with van der Waals surface area (Å²) in [4.78, 5) is 6.53. The second-order valence-electron chi connectivity index (χ2n) is 32.2. The van der Waals surface area contributed by atoms with Crippen LogP contribution >= 0.6 is 47.8 Å². The molecule has 0 atom stereocenters. The van der Waals surface area contributed by atoms with E-state index in [1.165, 1.54) is 24.3 Å². The zero-order valence-corrected chi connectivity index (χ0v) is 73.8. The van der Waals surface area contributed by atoms with Crippen molar-refractivity contribution in [3.8, 4) is 68.0 Å². The molecule has 4 aromatic heterocycles. The van der Waals surface area contributed by atoms with Gasteiger partial charge in [0.1, 0.15) is 46.3 Å². The summed E-state index contributed by atoms with van der Waals surface area (Å²) in [5.41, 5.74) is 20.5. The highest BCUT2D eigenvalue weighted by molar-refractivity contribution is 9.11. The van der Waals surface area contributed by atoms with Gasteiger partial charge in [0.15, 0.2) is 0 Å². The summed E-state index contributed by atoms with van der Waals surface area (Å²) in [7, 11) is 9.19. The number of aromatic nitrogens is 8. The van der Waals surface area contributed by atoms with E-state index >= 15 is 0 Å². The molecule has 121 heavy (non-hydrogen) atoms. The third kappa shape index (κ3) is 19.8. The van der Waals surface area contributed by atoms with Gasteiger partial charge in [-0.3, -0.25) is 33.4 Å². The Kier molecular flexibility index (Phi) is 26.7. The first-order valence-corrected chi connectivity index (χ1v) is 42.6. The Morgan fingerprint density at radius 1 is 0.430 bits per heavy atom. The van der Waals surface area contributed by atoms with Crippen LogP contribution < -0.4 is 14.8 Å². The van der Waals surface area contributed by atoms with Crippen LogP contribution in [0, 0.1) is 23.3 Å². The molecule has 628 valence electrons. The minimum Gasteiger partial charge on any atom is -0.508 e. The van der Waals surface area contributed by atoms with E-state index in [1.807, 2.05) is 112 Å². The molecule has 0 spiro atoms. The second kappa shape index (κ2) is 37.5. The van der Waals surface area contributed by atoms with Gasteiger partial charge >= 0.3 is 7.12 Å². The van der Waals surface area contributed by atoms with Crippen LogP contribution in [0.4, 0.5) is 17.6 Å². The van der Waals surface area contributed by atoms with Crippen LogP contribution in [0.3, 0.4) is 0 Å². The lowest BCUT2D eigenvalue weighted by Gasteiger charge is -2.32. The zero-order valence-electron chi connectivity index (χ0n) is 69.0. The fraction of sp³-hybridized carbons (Fsp3) is 0.312. The van der Waals surface area contributed by atoms with Crippen molar-refractivity contribution in [2.45, 2.75) is 130 Å². The number of ether oxygens (including phenoxy) is 4. The number of hydrogen-bond donors (Lipinski definition) is 3. The molecule has 1 fully saturated rings. The molecule has 0 radical (unpaired) electrons. The highest BCUT2D eigenvalue weighted by Crippen LogP contribution is 2.42. The smallest absolute Gasteiger partial charge is 0.492 e. The lowest BCUT2D eigenvalue weighted by Crippen LogP contribution is -2.41. The number of nitrogens with one attached hydrogen (secondary N) is 1. The van der Waals surface area contributed by atoms with Gasteiger partial charge in [-0.15, -0.1) is 0 Å². The van der Waals surface area contributed by atoms with Gasteiger partial charge in [-0.05, 0) is 222 Å². The van der Waals surface area contributed by atoms with Crippen LogP contribution in [0.5, 0.6) is 23.0 Å². The van der Waals surface area contributed by atoms with Gasteiger partial charge < -0.3 is 43.8 Å². The maximum absolute atomic E-state index is 14.7. The summed E-state index contributed by atoms with van der Waals surface area (Å²) in [5, 5.41) is 42.5. The van der Waals surface area contributed by atoms with E-state index in [1.54, 1.807) is 74.9 Å². The summed E-state index contributed by atoms with van der Waals surface area (Å²) in [6.07, 6.45) is 6.16. The molecule has 8 aromatic carbocycles. The summed E-state index contributed by atoms with van der Waals surface area (Å²) in [6.45, 7) is 19.0. The Morgan fingerprint density at radius 3 is 1.17 bits per heavy atom. The number of benzene rings is 8. The maximum Gasteiger partial charge on any atom is 0.492 e. The highest BCUT2D eigenvalue weighted by atomic mass is 79.9. The van der Waals surface area contributed by atoms with Crippen LogP contribution in [-0.4, -0.2) is 144 Å². The first-order valence-electron chi connectivity index (χ1n) is 40.2. The zero-order chi connectivity index (χ0) is 85.0. The summed E-state index contributed by atoms with van der Waals surface area (Å²) >= 11 is 10.4. The van der Waals surface area contributed by atoms with Crippen LogP contribution in [0.25, 0.3) is 50.6 Å². The fourth-order valence-corrected chi connectivity index (χ4v) is 17.8. The number of fused-ring (bicyclic) bond motifs is 4. The Hall–Kier alpha value is -9.82. The Balaban J connectivity index is 0.000000119. The van der Waals surface area contributed by atoms with E-state index in [0.29, 0.717) is 74.7 Å². The van der Waals surface area contributed by atoms with Crippen LogP contribution in [0.2, 0.25) is 0 Å². The van der Waals surface area contributed by atoms with Crippen LogP contribution in [0.15, 0.2) is 201 Å². The molecule has 19 rings (SSSR count). The number of nitrogens with zero attached hydrogens (tertiary/aromatic N) is 11. The molecule has 1 saturated heterocycles. The Labute approximate surface area is 727 Å². The lowest BCUT2D eigenvalue weighted by atomic mass is 9.77. The van der Waals surface area contributed by atoms with E-state index in [0.717, 1.165) is 197 Å². The van der Waals surface area contributed by atoms with E-state index in [2.05, 4.69) is 121 Å². The molecule has 0 unspecified atom stereocenters. The average molecular weight is 1840 g/mol. The lowest BCUT2D eigenvalue weighted by molar-refractivity contribution is 0.00578. The third-order valence-electron chi connectivity index (χ3n) is 22.5. The standard InChI is InChI=1S/C24H24FN3O2.C20H19BrFN3O.2C19H17BrFN3O.C11H19BO3/c1-27-13-21-23(14-27)26-28(24(21)20-6-2-3-7-22(20)25)12-16-9-18(11-19(29)10-16)17-5-4-8-30-15-17;1-24-11-17-19(12-24)23-25(20(17)16-5-3-4-6-18(16)22)10-13-7-14(21)9-15(8-13)26-2;1-25-14-7-12(6-13(20)8-14)11-24-19(15-4-2-3-5-17(15)21)16-9-22-10-18(16)23-24;1-23-10-16-18(11-23)22-24(9-12-6-13(20)8-14(25)7-12)19(16)15-4-2-3-5-17(15)21;1-10(2)11(3,4)15-12(14-10)9-6-5-7-13-8-9/h2-3,5-7,9-11,29H,4,8,12-15H2,1H3;3-9H,10-12H2,1-2H3;2-8,22H,9-11H2,1H3;2-8,25H,9-11H2,1H3;6H,5,7-8H2,1-4H3. The predicted molar refractivity (Wildman–Crippen MR) is 471 cm³/mol. The second-order valence-corrected chi connectivity index (χ2v) is 35.0. The number of halogens is 7. The van der Waals surface area contributed by atoms with E-state index in [9.17, 15) is 27.8 Å². The number of rotatable bonds is 16. The van der Waals surface area contributed by atoms with Gasteiger partial charge in [0.2, 0.25) is 0 Å². The summed E-state index contributed by atoms with van der Waals surface area (Å²) in [5.74, 6) is 0.995. The maximum atomic E-state index is 14.7. The van der Waals surface area contributed by atoms with Crippen molar-refractivity contribution in [2.75, 3.05) is 61.8 Å². The first-order chi connectivity index (χ1) is 58.2. The topological polar surface area (TPSA) is 189 Å². The normalized spacial score (nSPS) is 16.3. The van der Waals surface area contributed by atoms with Gasteiger partial charge in [0.25, 0.3) is 0 Å². The fourth-order valence-electron chi connectivity index (χ4n) is 16.2. The van der Waals surface area contributed by atoms with Crippen molar-refractivity contribution in [3.05, 3.63) is 297 Å². The molecular formula is C93H96BBr3F4N12O8. The molecule has 0 amide bonds. The van der Waals surface area contributed by atoms with Crippen molar-refractivity contribution < 1.29 is 56.0 Å². The first kappa shape index (κ1) is 86.1. The monoisotopic (exact) mass is 1830 g/mol. The molecule has 11 heterocycles. The van der Waals surface area contributed by atoms with Gasteiger partial charge in [-0.2, -0.15) is 20.4 Å². The molecular weight excluding hydrogens is 1740 g/mol. The number of phenolic OH excluding ortho intramolecular Hbond substituents is 2. The SMILES string of the molecule is CC1(C)OB(C2=CCCOC2)OC1(C)C.CN1Cc2nn(Cc3cc(O)cc(Br)c3)c(-c3ccccc3F)c2C1.CN1Cc2nn(Cc3cc(O)cc(C4=CCCOC4)c3)c(-c3ccccc3F)c2C1.COc1cc(Br)cc(Cn2nc3c(c2-c2ccccc2F)CN(C)C3)c1.COc1cc(Br)cc(Cn2nc3c(c2-c2ccccc2F)CNC3)c1. The number of methoxy groups -OCH3 is 2. The van der Waals surface area contributed by atoms with Crippen molar-refractivity contribution >= 4 is 60.5 Å². The summed E-state index contributed by atoms with van der Waals surface area (Å²) in [6, 6.07) is 50.1. The molecule has 20 nitrogen and oxygen atoms in total. The predicted octanol–water partition coefficient (Wildman–Crippen LogP) is 18.9. The summed E-state index contributed by atoms with van der Waals surface area (Å²) < 4.78 is 102. The molecule has 3 N–H and O–H groups in total. The van der Waals surface area contributed by atoms with Gasteiger partial charge in [0.05, 0.1) is 124 Å². The van der Waals surface area contributed by atoms with E-state index in [4.69, 9.17) is 48.7 Å². The highest BCUT2D eigenvalue weighted by Gasteiger charge is 2.52. The van der Waals surface area contributed by atoms with Crippen molar-refractivity contribution in [1.82, 2.24) is 59.1 Å².